The van der Waals surface area contributed by atoms with Gasteiger partial charge in [-0.1, -0.05) is 29.8 Å². The maximum absolute atomic E-state index is 13.0. The molecule has 0 saturated carbocycles. The first-order valence-corrected chi connectivity index (χ1v) is 9.51. The molecule has 1 atom stereocenters. The van der Waals surface area contributed by atoms with Crippen LogP contribution < -0.4 is 10.6 Å². The van der Waals surface area contributed by atoms with Gasteiger partial charge in [0.1, 0.15) is 0 Å². The van der Waals surface area contributed by atoms with E-state index in [2.05, 4.69) is 10.6 Å². The number of hydrogen-bond donors (Lipinski definition) is 2. The molecule has 1 unspecified atom stereocenters. The van der Waals surface area contributed by atoms with Crippen molar-refractivity contribution in [3.8, 4) is 0 Å². The van der Waals surface area contributed by atoms with Crippen molar-refractivity contribution in [2.24, 2.45) is 0 Å². The number of carbonyl (C=O) groups excluding carboxylic acids is 3. The zero-order chi connectivity index (χ0) is 21.3. The van der Waals surface area contributed by atoms with Crippen molar-refractivity contribution in [3.05, 3.63) is 82.8 Å². The van der Waals surface area contributed by atoms with Gasteiger partial charge in [-0.25, -0.2) is 4.79 Å². The standard InChI is InChI=1S/C22H17ClN2O5/c1-22(12-13-5-2-3-6-15(13)20(27)30-22)21(28)25-16-9-8-14(23)11-17(16)24-19(26)18-7-4-10-29-18/h2-11H,12H2,1H3,(H,24,26)(H,25,28). The summed E-state index contributed by atoms with van der Waals surface area (Å²) in [4.78, 5) is 37.7. The molecule has 0 bridgehead atoms. The molecule has 0 saturated heterocycles. The molecule has 30 heavy (non-hydrogen) atoms. The highest BCUT2D eigenvalue weighted by atomic mass is 35.5. The van der Waals surface area contributed by atoms with Gasteiger partial charge in [0.05, 0.1) is 23.2 Å². The predicted molar refractivity (Wildman–Crippen MR) is 111 cm³/mol. The molecule has 3 aromatic rings. The molecule has 152 valence electrons. The van der Waals surface area contributed by atoms with Crippen LogP contribution in [0, 0.1) is 0 Å². The third-order valence-electron chi connectivity index (χ3n) is 4.79. The number of esters is 1. The van der Waals surface area contributed by atoms with E-state index < -0.39 is 23.4 Å². The van der Waals surface area contributed by atoms with E-state index in [9.17, 15) is 14.4 Å². The monoisotopic (exact) mass is 424 g/mol. The van der Waals surface area contributed by atoms with E-state index in [0.717, 1.165) is 5.56 Å². The van der Waals surface area contributed by atoms with Crippen molar-refractivity contribution in [3.63, 3.8) is 0 Å². The highest BCUT2D eigenvalue weighted by Gasteiger charge is 2.42. The Labute approximate surface area is 177 Å². The Balaban J connectivity index is 1.58. The van der Waals surface area contributed by atoms with Crippen molar-refractivity contribution >= 4 is 40.8 Å². The number of rotatable bonds is 4. The molecule has 1 aliphatic rings. The molecule has 2 aromatic carbocycles. The first-order chi connectivity index (χ1) is 14.4. The lowest BCUT2D eigenvalue weighted by Gasteiger charge is -2.33. The Morgan fingerprint density at radius 2 is 1.83 bits per heavy atom. The molecule has 0 fully saturated rings. The number of cyclic esters (lactones) is 1. The van der Waals surface area contributed by atoms with Crippen LogP contribution >= 0.6 is 11.6 Å². The quantitative estimate of drug-likeness (QED) is 0.608. The first kappa shape index (κ1) is 19.7. The summed E-state index contributed by atoms with van der Waals surface area (Å²) in [7, 11) is 0. The number of nitrogens with one attached hydrogen (secondary N) is 2. The van der Waals surface area contributed by atoms with Crippen molar-refractivity contribution in [1.82, 2.24) is 0 Å². The summed E-state index contributed by atoms with van der Waals surface area (Å²) in [6, 6.07) is 14.7. The van der Waals surface area contributed by atoms with Gasteiger partial charge in [-0.3, -0.25) is 9.59 Å². The number of halogens is 1. The number of furan rings is 1. The first-order valence-electron chi connectivity index (χ1n) is 9.13. The van der Waals surface area contributed by atoms with E-state index in [1.807, 2.05) is 0 Å². The van der Waals surface area contributed by atoms with Crippen molar-refractivity contribution in [2.75, 3.05) is 10.6 Å². The summed E-state index contributed by atoms with van der Waals surface area (Å²) in [5.41, 5.74) is 0.353. The number of amides is 2. The lowest BCUT2D eigenvalue weighted by atomic mass is 9.89. The van der Waals surface area contributed by atoms with E-state index in [0.29, 0.717) is 16.3 Å². The molecule has 2 heterocycles. The minimum absolute atomic E-state index is 0.108. The summed E-state index contributed by atoms with van der Waals surface area (Å²) in [5.74, 6) is -1.47. The Hall–Kier alpha value is -3.58. The Morgan fingerprint density at radius 3 is 2.60 bits per heavy atom. The fourth-order valence-corrected chi connectivity index (χ4v) is 3.41. The van der Waals surface area contributed by atoms with Gasteiger partial charge < -0.3 is 19.8 Å². The zero-order valence-corrected chi connectivity index (χ0v) is 16.7. The molecule has 8 heteroatoms. The molecular formula is C22H17ClN2O5. The van der Waals surface area contributed by atoms with E-state index >= 15 is 0 Å². The molecule has 0 radical (unpaired) electrons. The number of carbonyl (C=O) groups is 3. The van der Waals surface area contributed by atoms with Gasteiger partial charge in [0, 0.05) is 11.4 Å². The lowest BCUT2D eigenvalue weighted by molar-refractivity contribution is -0.134. The van der Waals surface area contributed by atoms with Crippen LogP contribution in [0.3, 0.4) is 0 Å². The molecular weight excluding hydrogens is 408 g/mol. The minimum atomic E-state index is -1.41. The van der Waals surface area contributed by atoms with E-state index in [-0.39, 0.29) is 17.9 Å². The van der Waals surface area contributed by atoms with Gasteiger partial charge in [0.25, 0.3) is 11.8 Å². The second-order valence-electron chi connectivity index (χ2n) is 7.03. The Kier molecular flexibility index (Phi) is 5.05. The maximum Gasteiger partial charge on any atom is 0.339 e. The maximum atomic E-state index is 13.0. The van der Waals surface area contributed by atoms with E-state index in [1.165, 1.54) is 18.4 Å². The average Bonchev–Trinajstić information content (AvgIpc) is 3.25. The van der Waals surface area contributed by atoms with Crippen molar-refractivity contribution < 1.29 is 23.5 Å². The smallest absolute Gasteiger partial charge is 0.339 e. The normalized spacial score (nSPS) is 17.6. The third-order valence-corrected chi connectivity index (χ3v) is 5.02. The van der Waals surface area contributed by atoms with Crippen LogP contribution in [0.2, 0.25) is 5.02 Å². The second-order valence-corrected chi connectivity index (χ2v) is 7.47. The van der Waals surface area contributed by atoms with Crippen LogP contribution in [0.4, 0.5) is 11.4 Å². The van der Waals surface area contributed by atoms with Gasteiger partial charge in [0.15, 0.2) is 11.4 Å². The molecule has 7 nitrogen and oxygen atoms in total. The molecule has 1 aromatic heterocycles. The largest absolute Gasteiger partial charge is 0.459 e. The summed E-state index contributed by atoms with van der Waals surface area (Å²) < 4.78 is 10.5. The summed E-state index contributed by atoms with van der Waals surface area (Å²) >= 11 is 6.06. The Morgan fingerprint density at radius 1 is 1.03 bits per heavy atom. The second kappa shape index (κ2) is 7.68. The van der Waals surface area contributed by atoms with Crippen LogP contribution in [-0.2, 0) is 16.0 Å². The fraction of sp³-hybridized carbons (Fsp3) is 0.136. The highest BCUT2D eigenvalue weighted by molar-refractivity contribution is 6.31. The van der Waals surface area contributed by atoms with Gasteiger partial charge in [-0.05, 0) is 48.9 Å². The van der Waals surface area contributed by atoms with Gasteiger partial charge in [0.2, 0.25) is 0 Å². The molecule has 1 aliphatic heterocycles. The van der Waals surface area contributed by atoms with Gasteiger partial charge in [-0.2, -0.15) is 0 Å². The van der Waals surface area contributed by atoms with Crippen LogP contribution in [0.1, 0.15) is 33.4 Å². The van der Waals surface area contributed by atoms with E-state index in [1.54, 1.807) is 49.4 Å². The summed E-state index contributed by atoms with van der Waals surface area (Å²) in [6.45, 7) is 1.55. The zero-order valence-electron chi connectivity index (χ0n) is 15.9. The lowest BCUT2D eigenvalue weighted by Crippen LogP contribution is -2.49. The van der Waals surface area contributed by atoms with Crippen LogP contribution in [0.25, 0.3) is 0 Å². The predicted octanol–water partition coefficient (Wildman–Crippen LogP) is 4.30. The van der Waals surface area contributed by atoms with Gasteiger partial charge in [-0.15, -0.1) is 0 Å². The van der Waals surface area contributed by atoms with Crippen molar-refractivity contribution in [1.29, 1.82) is 0 Å². The van der Waals surface area contributed by atoms with Crippen molar-refractivity contribution in [2.45, 2.75) is 18.9 Å². The van der Waals surface area contributed by atoms with E-state index in [4.69, 9.17) is 20.8 Å². The Bertz CT molecular complexity index is 1140. The van der Waals surface area contributed by atoms with Crippen LogP contribution in [-0.4, -0.2) is 23.4 Å². The highest BCUT2D eigenvalue weighted by Crippen LogP contribution is 2.32. The number of anilines is 2. The molecule has 2 amide bonds. The van der Waals surface area contributed by atoms with Crippen LogP contribution in [0.5, 0.6) is 0 Å². The number of benzene rings is 2. The average molecular weight is 425 g/mol. The SMILES string of the molecule is CC1(C(=O)Nc2ccc(Cl)cc2NC(=O)c2ccco2)Cc2ccccc2C(=O)O1. The summed E-state index contributed by atoms with van der Waals surface area (Å²) in [6.07, 6.45) is 1.61. The van der Waals surface area contributed by atoms with Crippen LogP contribution in [0.15, 0.2) is 65.3 Å². The fourth-order valence-electron chi connectivity index (χ4n) is 3.23. The minimum Gasteiger partial charge on any atom is -0.459 e. The third kappa shape index (κ3) is 3.79. The summed E-state index contributed by atoms with van der Waals surface area (Å²) in [5, 5.41) is 5.76. The van der Waals surface area contributed by atoms with Gasteiger partial charge >= 0.3 is 5.97 Å². The number of fused-ring (bicyclic) bond motifs is 1. The molecule has 0 spiro atoms. The number of hydrogen-bond acceptors (Lipinski definition) is 5. The molecule has 0 aliphatic carbocycles. The number of ether oxygens (including phenoxy) is 1. The molecule has 2 N–H and O–H groups in total. The molecule has 4 rings (SSSR count). The topological polar surface area (TPSA) is 97.6 Å².